The third-order valence-electron chi connectivity index (χ3n) is 5.53. The number of hydrogen-bond donors (Lipinski definition) is 3. The van der Waals surface area contributed by atoms with E-state index in [1.165, 1.54) is 0 Å². The Hall–Kier alpha value is -3.81. The van der Waals surface area contributed by atoms with Crippen molar-refractivity contribution in [3.05, 3.63) is 71.0 Å². The van der Waals surface area contributed by atoms with E-state index in [1.807, 2.05) is 41.9 Å². The fourth-order valence-electron chi connectivity index (χ4n) is 3.93. The first kappa shape index (κ1) is 22.4. The Labute approximate surface area is 194 Å². The normalized spacial score (nSPS) is 13.3. The predicted molar refractivity (Wildman–Crippen MR) is 130 cm³/mol. The van der Waals surface area contributed by atoms with Gasteiger partial charge in [-0.2, -0.15) is 5.10 Å². The van der Waals surface area contributed by atoms with Crippen LogP contribution < -0.4 is 20.7 Å². The van der Waals surface area contributed by atoms with Gasteiger partial charge in [0.2, 0.25) is 5.91 Å². The summed E-state index contributed by atoms with van der Waals surface area (Å²) in [4.78, 5) is 15.8. The molecule has 8 heteroatoms. The zero-order chi connectivity index (χ0) is 23.2. The molecule has 1 amide bonds. The molecular weight excluding hydrogens is 416 g/mol. The zero-order valence-corrected chi connectivity index (χ0v) is 19.3. The molecule has 2 heterocycles. The summed E-state index contributed by atoms with van der Waals surface area (Å²) < 4.78 is 7.85. The minimum Gasteiger partial charge on any atom is -0.492 e. The van der Waals surface area contributed by atoms with E-state index in [2.05, 4.69) is 51.2 Å². The molecule has 4 rings (SSSR count). The molecule has 0 saturated heterocycles. The van der Waals surface area contributed by atoms with Crippen LogP contribution >= 0.6 is 0 Å². The van der Waals surface area contributed by atoms with Crippen molar-refractivity contribution >= 4 is 17.6 Å². The molecule has 172 valence electrons. The molecule has 1 aliphatic heterocycles. The highest BCUT2D eigenvalue weighted by molar-refractivity contribution is 5.94. The number of ether oxygens (including phenoxy) is 1. The quantitative estimate of drug-likeness (QED) is 0.295. The predicted octanol–water partition coefficient (Wildman–Crippen LogP) is 3.12. The number of aryl methyl sites for hydroxylation is 3. The highest BCUT2D eigenvalue weighted by Gasteiger charge is 2.15. The summed E-state index contributed by atoms with van der Waals surface area (Å²) in [5, 5.41) is 14.2. The molecule has 1 aliphatic rings. The van der Waals surface area contributed by atoms with Gasteiger partial charge in [0.1, 0.15) is 12.4 Å². The van der Waals surface area contributed by atoms with Crippen LogP contribution in [0.4, 0.5) is 5.69 Å². The molecule has 0 radical (unpaired) electrons. The first-order valence-electron chi connectivity index (χ1n) is 11.1. The van der Waals surface area contributed by atoms with E-state index in [0.717, 1.165) is 46.1 Å². The number of nitrogens with one attached hydrogen (secondary N) is 3. The van der Waals surface area contributed by atoms with Crippen molar-refractivity contribution in [1.29, 1.82) is 0 Å². The van der Waals surface area contributed by atoms with Gasteiger partial charge in [-0.3, -0.25) is 9.79 Å². The number of fused-ring (bicyclic) bond motifs is 1. The molecule has 0 fully saturated rings. The van der Waals surface area contributed by atoms with Crippen LogP contribution in [0.2, 0.25) is 0 Å². The average molecular weight is 447 g/mol. The van der Waals surface area contributed by atoms with Gasteiger partial charge in [-0.25, -0.2) is 4.68 Å². The Morgan fingerprint density at radius 3 is 2.79 bits per heavy atom. The van der Waals surface area contributed by atoms with Crippen molar-refractivity contribution in [3.63, 3.8) is 0 Å². The second kappa shape index (κ2) is 10.2. The number of hydrogen-bond acceptors (Lipinski definition) is 4. The Balaban J connectivity index is 1.28. The molecule has 0 spiro atoms. The van der Waals surface area contributed by atoms with Gasteiger partial charge in [0.05, 0.1) is 17.9 Å². The molecule has 33 heavy (non-hydrogen) atoms. The molecule has 2 aromatic carbocycles. The van der Waals surface area contributed by atoms with Crippen LogP contribution in [0, 0.1) is 13.8 Å². The number of para-hydroxylation sites is 1. The molecule has 0 aliphatic carbocycles. The summed E-state index contributed by atoms with van der Waals surface area (Å²) in [7, 11) is 1.75. The van der Waals surface area contributed by atoms with Crippen LogP contribution in [-0.2, 0) is 17.8 Å². The van der Waals surface area contributed by atoms with E-state index in [4.69, 9.17) is 4.74 Å². The summed E-state index contributed by atoms with van der Waals surface area (Å²) in [6.07, 6.45) is 1.26. The Kier molecular flexibility index (Phi) is 6.92. The van der Waals surface area contributed by atoms with Crippen molar-refractivity contribution < 1.29 is 9.53 Å². The van der Waals surface area contributed by atoms with E-state index in [0.29, 0.717) is 32.1 Å². The van der Waals surface area contributed by atoms with Crippen LogP contribution in [0.1, 0.15) is 28.9 Å². The molecule has 1 aromatic heterocycles. The van der Waals surface area contributed by atoms with Crippen molar-refractivity contribution in [2.75, 3.05) is 25.5 Å². The lowest BCUT2D eigenvalue weighted by Gasteiger charge is -2.18. The number of benzene rings is 2. The minimum absolute atomic E-state index is 0.0664. The molecule has 3 aromatic rings. The van der Waals surface area contributed by atoms with Crippen LogP contribution in [0.3, 0.4) is 0 Å². The number of amides is 1. The van der Waals surface area contributed by atoms with Crippen molar-refractivity contribution in [3.8, 4) is 11.4 Å². The van der Waals surface area contributed by atoms with Gasteiger partial charge in [-0.15, -0.1) is 0 Å². The van der Waals surface area contributed by atoms with Gasteiger partial charge in [0, 0.05) is 31.4 Å². The number of aromatic nitrogens is 2. The fraction of sp³-hybridized carbons (Fsp3) is 0.320. The van der Waals surface area contributed by atoms with E-state index in [-0.39, 0.29) is 5.91 Å². The third-order valence-corrected chi connectivity index (χ3v) is 5.53. The van der Waals surface area contributed by atoms with Gasteiger partial charge in [0.25, 0.3) is 0 Å². The van der Waals surface area contributed by atoms with Gasteiger partial charge in [-0.05, 0) is 61.7 Å². The molecule has 8 nitrogen and oxygen atoms in total. The largest absolute Gasteiger partial charge is 0.492 e. The second-order valence-electron chi connectivity index (χ2n) is 8.04. The lowest BCUT2D eigenvalue weighted by molar-refractivity contribution is -0.116. The zero-order valence-electron chi connectivity index (χ0n) is 19.3. The molecular formula is C25H30N6O2. The lowest BCUT2D eigenvalue weighted by atomic mass is 10.0. The summed E-state index contributed by atoms with van der Waals surface area (Å²) >= 11 is 0. The summed E-state index contributed by atoms with van der Waals surface area (Å²) in [6.45, 7) is 5.77. The average Bonchev–Trinajstić information content (AvgIpc) is 3.16. The monoisotopic (exact) mass is 446 g/mol. The Bertz CT molecular complexity index is 1170. The Morgan fingerprint density at radius 2 is 2.00 bits per heavy atom. The maximum absolute atomic E-state index is 11.5. The highest BCUT2D eigenvalue weighted by atomic mass is 16.5. The minimum atomic E-state index is 0.0664. The number of guanidine groups is 1. The smallest absolute Gasteiger partial charge is 0.224 e. The summed E-state index contributed by atoms with van der Waals surface area (Å²) in [6, 6.07) is 16.1. The molecule has 0 saturated carbocycles. The number of nitrogens with zero attached hydrogens (tertiary/aromatic N) is 3. The van der Waals surface area contributed by atoms with Crippen LogP contribution in [0.25, 0.3) is 5.69 Å². The summed E-state index contributed by atoms with van der Waals surface area (Å²) in [5.74, 6) is 1.57. The number of carbonyl (C=O) groups is 1. The molecule has 0 atom stereocenters. The van der Waals surface area contributed by atoms with Crippen molar-refractivity contribution in [1.82, 2.24) is 20.4 Å². The number of aliphatic imine (C=N–C) groups is 1. The molecule has 3 N–H and O–H groups in total. The van der Waals surface area contributed by atoms with Gasteiger partial charge in [-0.1, -0.05) is 18.2 Å². The van der Waals surface area contributed by atoms with Gasteiger partial charge < -0.3 is 20.7 Å². The highest BCUT2D eigenvalue weighted by Crippen LogP contribution is 2.26. The van der Waals surface area contributed by atoms with E-state index in [1.54, 1.807) is 7.05 Å². The standard InChI is InChI=1S/C25H30N6O2/c1-17-14-18(2)31(30-17)23-7-5-4-6-20(23)16-28-25(26-3)27-12-13-33-21-9-10-22-19(15-21)8-11-24(32)29-22/h4-7,9-10,14-15H,8,11-13,16H2,1-3H3,(H,29,32)(H2,26,27,28). The molecule has 0 unspecified atom stereocenters. The van der Waals surface area contributed by atoms with Gasteiger partial charge in [0.15, 0.2) is 5.96 Å². The first-order chi connectivity index (χ1) is 16.0. The third kappa shape index (κ3) is 5.52. The topological polar surface area (TPSA) is 92.6 Å². The van der Waals surface area contributed by atoms with E-state index < -0.39 is 0 Å². The van der Waals surface area contributed by atoms with Crippen molar-refractivity contribution in [2.24, 2.45) is 4.99 Å². The number of anilines is 1. The lowest BCUT2D eigenvalue weighted by Crippen LogP contribution is -2.39. The van der Waals surface area contributed by atoms with Crippen LogP contribution in [0.15, 0.2) is 53.5 Å². The van der Waals surface area contributed by atoms with Crippen LogP contribution in [0.5, 0.6) is 5.75 Å². The number of carbonyl (C=O) groups excluding carboxylic acids is 1. The van der Waals surface area contributed by atoms with E-state index in [9.17, 15) is 4.79 Å². The van der Waals surface area contributed by atoms with Gasteiger partial charge >= 0.3 is 0 Å². The maximum Gasteiger partial charge on any atom is 0.224 e. The van der Waals surface area contributed by atoms with E-state index >= 15 is 0 Å². The Morgan fingerprint density at radius 1 is 1.15 bits per heavy atom. The summed E-state index contributed by atoms with van der Waals surface area (Å²) in [5.41, 5.74) is 6.27. The second-order valence-corrected chi connectivity index (χ2v) is 8.04. The first-order valence-corrected chi connectivity index (χ1v) is 11.1. The van der Waals surface area contributed by atoms with Crippen LogP contribution in [-0.4, -0.2) is 41.8 Å². The fourth-order valence-corrected chi connectivity index (χ4v) is 3.93. The van der Waals surface area contributed by atoms with Crippen molar-refractivity contribution in [2.45, 2.75) is 33.2 Å². The maximum atomic E-state index is 11.5. The molecule has 0 bridgehead atoms. The SMILES string of the molecule is CN=C(NCCOc1ccc2c(c1)CCC(=O)N2)NCc1ccccc1-n1nc(C)cc1C. The number of rotatable bonds is 7.